The monoisotopic (exact) mass is 194 g/mol. The molecule has 1 saturated heterocycles. The molecule has 14 heavy (non-hydrogen) atoms. The predicted molar refractivity (Wildman–Crippen MR) is 55.9 cm³/mol. The largest absolute Gasteiger partial charge is 0.395 e. The number of aromatic nitrogens is 1. The Morgan fingerprint density at radius 3 is 3.07 bits per heavy atom. The van der Waals surface area contributed by atoms with E-state index < -0.39 is 0 Å². The van der Waals surface area contributed by atoms with Gasteiger partial charge in [0.05, 0.1) is 6.61 Å². The van der Waals surface area contributed by atoms with Crippen LogP contribution in [0.15, 0.2) is 18.3 Å². The molecule has 1 N–H and O–H groups in total. The van der Waals surface area contributed by atoms with Gasteiger partial charge < -0.3 is 9.67 Å². The molecule has 1 aromatic rings. The molecule has 2 rings (SSSR count). The lowest BCUT2D eigenvalue weighted by Gasteiger charge is -2.22. The van der Waals surface area contributed by atoms with Gasteiger partial charge in [0.1, 0.15) is 0 Å². The molecule has 2 heterocycles. The van der Waals surface area contributed by atoms with Crippen molar-refractivity contribution in [1.29, 1.82) is 0 Å². The molecule has 3 nitrogen and oxygen atoms in total. The van der Waals surface area contributed by atoms with Gasteiger partial charge in [0.2, 0.25) is 0 Å². The molecule has 0 bridgehead atoms. The second kappa shape index (κ2) is 4.15. The second-order valence-electron chi connectivity index (χ2n) is 4.06. The smallest absolute Gasteiger partial charge is 0.0587 e. The Balaban J connectivity index is 2.00. The van der Waals surface area contributed by atoms with Crippen LogP contribution in [0.1, 0.15) is 18.5 Å². The fourth-order valence-electron chi connectivity index (χ4n) is 2.18. The number of hydrogen-bond donors (Lipinski definition) is 1. The number of likely N-dealkylation sites (tertiary alicyclic amines) is 1. The summed E-state index contributed by atoms with van der Waals surface area (Å²) >= 11 is 0. The fourth-order valence-corrected chi connectivity index (χ4v) is 2.18. The summed E-state index contributed by atoms with van der Waals surface area (Å²) in [6.07, 6.45) is 4.43. The van der Waals surface area contributed by atoms with Crippen molar-refractivity contribution < 1.29 is 5.11 Å². The van der Waals surface area contributed by atoms with Crippen LogP contribution in [0.4, 0.5) is 0 Å². The highest BCUT2D eigenvalue weighted by Crippen LogP contribution is 2.19. The van der Waals surface area contributed by atoms with Gasteiger partial charge in [0.25, 0.3) is 0 Å². The zero-order valence-electron chi connectivity index (χ0n) is 8.69. The summed E-state index contributed by atoms with van der Waals surface area (Å²) in [5.41, 5.74) is 1.32. The standard InChI is InChI=1S/C11H18N2O/c1-12-6-2-4-10(12)8-13-7-3-5-11(13)9-14/h2,4,6,11,14H,3,5,7-9H2,1H3/t11-/m1/s1. The maximum Gasteiger partial charge on any atom is 0.0587 e. The minimum Gasteiger partial charge on any atom is -0.395 e. The number of hydrogen-bond acceptors (Lipinski definition) is 2. The third-order valence-electron chi connectivity index (χ3n) is 3.13. The van der Waals surface area contributed by atoms with Crippen LogP contribution in [-0.2, 0) is 13.6 Å². The van der Waals surface area contributed by atoms with Gasteiger partial charge in [-0.05, 0) is 31.5 Å². The van der Waals surface area contributed by atoms with Crippen molar-refractivity contribution in [3.63, 3.8) is 0 Å². The SMILES string of the molecule is Cn1cccc1CN1CCC[C@@H]1CO. The van der Waals surface area contributed by atoms with E-state index in [1.807, 2.05) is 0 Å². The first-order valence-corrected chi connectivity index (χ1v) is 5.26. The summed E-state index contributed by atoms with van der Waals surface area (Å²) in [5, 5.41) is 9.19. The topological polar surface area (TPSA) is 28.4 Å². The summed E-state index contributed by atoms with van der Waals surface area (Å²) in [4.78, 5) is 2.37. The molecule has 1 atom stereocenters. The summed E-state index contributed by atoms with van der Waals surface area (Å²) in [6.45, 7) is 2.38. The van der Waals surface area contributed by atoms with E-state index in [1.165, 1.54) is 12.1 Å². The van der Waals surface area contributed by atoms with E-state index in [0.717, 1.165) is 19.5 Å². The Morgan fingerprint density at radius 2 is 2.43 bits per heavy atom. The molecule has 0 amide bonds. The van der Waals surface area contributed by atoms with E-state index in [2.05, 4.69) is 34.8 Å². The van der Waals surface area contributed by atoms with Crippen LogP contribution >= 0.6 is 0 Å². The van der Waals surface area contributed by atoms with Crippen LogP contribution in [-0.4, -0.2) is 33.8 Å². The van der Waals surface area contributed by atoms with Gasteiger partial charge in [0.15, 0.2) is 0 Å². The molecule has 0 unspecified atom stereocenters. The minimum absolute atomic E-state index is 0.296. The number of aryl methyl sites for hydroxylation is 1. The van der Waals surface area contributed by atoms with Crippen LogP contribution < -0.4 is 0 Å². The Bertz CT molecular complexity index is 295. The highest BCUT2D eigenvalue weighted by Gasteiger charge is 2.23. The van der Waals surface area contributed by atoms with E-state index in [0.29, 0.717) is 12.6 Å². The van der Waals surface area contributed by atoms with Crippen molar-refractivity contribution in [2.75, 3.05) is 13.2 Å². The lowest BCUT2D eigenvalue weighted by atomic mass is 10.2. The molecule has 78 valence electrons. The molecule has 1 fully saturated rings. The van der Waals surface area contributed by atoms with Crippen molar-refractivity contribution in [1.82, 2.24) is 9.47 Å². The molecular formula is C11H18N2O. The Morgan fingerprint density at radius 1 is 1.57 bits per heavy atom. The molecule has 3 heteroatoms. The Hall–Kier alpha value is -0.800. The van der Waals surface area contributed by atoms with Crippen molar-refractivity contribution in [2.45, 2.75) is 25.4 Å². The third kappa shape index (κ3) is 1.83. The predicted octanol–water partition coefficient (Wildman–Crippen LogP) is 0.982. The van der Waals surface area contributed by atoms with E-state index in [9.17, 15) is 5.11 Å². The third-order valence-corrected chi connectivity index (χ3v) is 3.13. The Kier molecular flexibility index (Phi) is 2.89. The Labute approximate surface area is 85.0 Å². The summed E-state index contributed by atoms with van der Waals surface area (Å²) in [7, 11) is 2.07. The molecule has 1 aromatic heterocycles. The molecule has 0 spiro atoms. The summed E-state index contributed by atoms with van der Waals surface area (Å²) in [5.74, 6) is 0. The highest BCUT2D eigenvalue weighted by atomic mass is 16.3. The average molecular weight is 194 g/mol. The zero-order chi connectivity index (χ0) is 9.97. The fraction of sp³-hybridized carbons (Fsp3) is 0.636. The van der Waals surface area contributed by atoms with Crippen LogP contribution in [0.2, 0.25) is 0 Å². The van der Waals surface area contributed by atoms with Crippen molar-refractivity contribution in [3.05, 3.63) is 24.0 Å². The van der Waals surface area contributed by atoms with E-state index >= 15 is 0 Å². The number of nitrogens with zero attached hydrogens (tertiary/aromatic N) is 2. The van der Waals surface area contributed by atoms with Gasteiger partial charge in [-0.15, -0.1) is 0 Å². The quantitative estimate of drug-likeness (QED) is 0.777. The van der Waals surface area contributed by atoms with E-state index in [1.54, 1.807) is 0 Å². The first kappa shape index (κ1) is 9.74. The number of aliphatic hydroxyl groups excluding tert-OH is 1. The lowest BCUT2D eigenvalue weighted by molar-refractivity contribution is 0.151. The molecule has 0 aliphatic carbocycles. The van der Waals surface area contributed by atoms with Crippen LogP contribution in [0.3, 0.4) is 0 Å². The van der Waals surface area contributed by atoms with Gasteiger partial charge >= 0.3 is 0 Å². The maximum atomic E-state index is 9.19. The molecule has 0 aromatic carbocycles. The molecule has 0 radical (unpaired) electrons. The lowest BCUT2D eigenvalue weighted by Crippen LogP contribution is -2.32. The maximum absolute atomic E-state index is 9.19. The van der Waals surface area contributed by atoms with Crippen molar-refractivity contribution in [3.8, 4) is 0 Å². The van der Waals surface area contributed by atoms with Crippen molar-refractivity contribution >= 4 is 0 Å². The van der Waals surface area contributed by atoms with Gasteiger partial charge in [-0.3, -0.25) is 4.90 Å². The van der Waals surface area contributed by atoms with Gasteiger partial charge in [0, 0.05) is 31.5 Å². The van der Waals surface area contributed by atoms with E-state index in [4.69, 9.17) is 0 Å². The number of rotatable bonds is 3. The summed E-state index contributed by atoms with van der Waals surface area (Å²) in [6, 6.07) is 4.59. The molecule has 1 aliphatic heterocycles. The normalized spacial score (nSPS) is 23.1. The second-order valence-corrected chi connectivity index (χ2v) is 4.06. The van der Waals surface area contributed by atoms with Crippen LogP contribution in [0.25, 0.3) is 0 Å². The molecular weight excluding hydrogens is 176 g/mol. The van der Waals surface area contributed by atoms with E-state index in [-0.39, 0.29) is 0 Å². The van der Waals surface area contributed by atoms with Gasteiger partial charge in [-0.25, -0.2) is 0 Å². The number of aliphatic hydroxyl groups is 1. The van der Waals surface area contributed by atoms with Crippen LogP contribution in [0, 0.1) is 0 Å². The highest BCUT2D eigenvalue weighted by molar-refractivity contribution is 5.06. The van der Waals surface area contributed by atoms with Crippen molar-refractivity contribution in [2.24, 2.45) is 7.05 Å². The summed E-state index contributed by atoms with van der Waals surface area (Å²) < 4.78 is 2.15. The van der Waals surface area contributed by atoms with Gasteiger partial charge in [-0.1, -0.05) is 0 Å². The zero-order valence-corrected chi connectivity index (χ0v) is 8.69. The molecule has 1 aliphatic rings. The van der Waals surface area contributed by atoms with Crippen LogP contribution in [0.5, 0.6) is 0 Å². The minimum atomic E-state index is 0.296. The first-order valence-electron chi connectivity index (χ1n) is 5.26. The molecule has 0 saturated carbocycles. The van der Waals surface area contributed by atoms with Gasteiger partial charge in [-0.2, -0.15) is 0 Å². The first-order chi connectivity index (χ1) is 6.81. The average Bonchev–Trinajstić information content (AvgIpc) is 2.77.